The lowest BCUT2D eigenvalue weighted by atomic mass is 10.1. The predicted octanol–water partition coefficient (Wildman–Crippen LogP) is 2.11. The molecule has 0 fully saturated rings. The molecule has 0 amide bonds. The molecule has 1 N–H and O–H groups in total. The van der Waals surface area contributed by atoms with Gasteiger partial charge in [0.25, 0.3) is 0 Å². The normalized spacial score (nSPS) is 9.89. The van der Waals surface area contributed by atoms with E-state index in [9.17, 15) is 9.59 Å². The summed E-state index contributed by atoms with van der Waals surface area (Å²) in [7, 11) is 0. The van der Waals surface area contributed by atoms with Gasteiger partial charge in [0, 0.05) is 6.42 Å². The summed E-state index contributed by atoms with van der Waals surface area (Å²) in [6.07, 6.45) is 0.0117. The number of rotatable bonds is 4. The summed E-state index contributed by atoms with van der Waals surface area (Å²) < 4.78 is 4.90. The van der Waals surface area contributed by atoms with Gasteiger partial charge >= 0.3 is 5.97 Å². The molecule has 4 nitrogen and oxygen atoms in total. The fraction of sp³-hybridized carbons (Fsp3) is 0.0667. The molecule has 0 aliphatic carbocycles. The minimum atomic E-state index is -0.908. The van der Waals surface area contributed by atoms with Crippen molar-refractivity contribution in [2.45, 2.75) is 6.42 Å². The molecule has 0 radical (unpaired) electrons. The second kappa shape index (κ2) is 5.82. The molecule has 0 spiro atoms. The molecule has 2 aromatic rings. The van der Waals surface area contributed by atoms with E-state index in [4.69, 9.17) is 9.84 Å². The number of phenols is 1. The van der Waals surface area contributed by atoms with Crippen molar-refractivity contribution in [3.05, 3.63) is 60.2 Å². The molecule has 2 rings (SSSR count). The molecular weight excluding hydrogens is 244 g/mol. The van der Waals surface area contributed by atoms with E-state index in [-0.39, 0.29) is 17.9 Å². The van der Waals surface area contributed by atoms with Gasteiger partial charge in [0.2, 0.25) is 5.78 Å². The van der Waals surface area contributed by atoms with Gasteiger partial charge in [-0.05, 0) is 29.8 Å². The van der Waals surface area contributed by atoms with Crippen molar-refractivity contribution < 1.29 is 19.4 Å². The maximum absolute atomic E-state index is 11.7. The average Bonchev–Trinajstić information content (AvgIpc) is 2.42. The summed E-state index contributed by atoms with van der Waals surface area (Å²) in [5.74, 6) is -1.23. The smallest absolute Gasteiger partial charge is 0.380 e. The summed E-state index contributed by atoms with van der Waals surface area (Å²) in [5, 5.41) is 9.09. The second-order valence-electron chi connectivity index (χ2n) is 3.97. The first kappa shape index (κ1) is 12.8. The maximum Gasteiger partial charge on any atom is 0.380 e. The highest BCUT2D eigenvalue weighted by atomic mass is 16.5. The monoisotopic (exact) mass is 256 g/mol. The van der Waals surface area contributed by atoms with E-state index in [0.29, 0.717) is 0 Å². The van der Waals surface area contributed by atoms with Gasteiger partial charge in [-0.15, -0.1) is 0 Å². The Morgan fingerprint density at radius 2 is 1.58 bits per heavy atom. The molecule has 0 heterocycles. The summed E-state index contributed by atoms with van der Waals surface area (Å²) in [6.45, 7) is 0. The molecule has 0 unspecified atom stereocenters. The minimum absolute atomic E-state index is 0.0117. The van der Waals surface area contributed by atoms with Crippen molar-refractivity contribution >= 4 is 11.8 Å². The number of carbonyl (C=O) groups excluding carboxylic acids is 2. The van der Waals surface area contributed by atoms with Gasteiger partial charge in [-0.2, -0.15) is 0 Å². The quantitative estimate of drug-likeness (QED) is 0.517. The Bertz CT molecular complexity index is 573. The van der Waals surface area contributed by atoms with Crippen LogP contribution < -0.4 is 4.74 Å². The summed E-state index contributed by atoms with van der Waals surface area (Å²) in [5.41, 5.74) is 0.759. The third-order valence-corrected chi connectivity index (χ3v) is 2.48. The lowest BCUT2D eigenvalue weighted by Crippen LogP contribution is -2.22. The summed E-state index contributed by atoms with van der Waals surface area (Å²) in [6, 6.07) is 14.6. The lowest BCUT2D eigenvalue weighted by molar-refractivity contribution is -0.146. The Labute approximate surface area is 110 Å². The van der Waals surface area contributed by atoms with E-state index in [0.717, 1.165) is 5.56 Å². The fourth-order valence-corrected chi connectivity index (χ4v) is 1.53. The summed E-state index contributed by atoms with van der Waals surface area (Å²) >= 11 is 0. The zero-order chi connectivity index (χ0) is 13.7. The molecule has 2 aromatic carbocycles. The Balaban J connectivity index is 1.96. The van der Waals surface area contributed by atoms with Crippen LogP contribution in [0.1, 0.15) is 5.56 Å². The van der Waals surface area contributed by atoms with E-state index in [1.807, 2.05) is 6.07 Å². The van der Waals surface area contributed by atoms with E-state index in [1.165, 1.54) is 24.3 Å². The van der Waals surface area contributed by atoms with Crippen LogP contribution in [0.15, 0.2) is 54.6 Å². The topological polar surface area (TPSA) is 63.6 Å². The van der Waals surface area contributed by atoms with Crippen LogP contribution in [0.2, 0.25) is 0 Å². The van der Waals surface area contributed by atoms with Crippen molar-refractivity contribution in [1.82, 2.24) is 0 Å². The van der Waals surface area contributed by atoms with Gasteiger partial charge in [0.05, 0.1) is 0 Å². The number of esters is 1. The molecule has 0 aliphatic heterocycles. The van der Waals surface area contributed by atoms with Gasteiger partial charge in [-0.1, -0.05) is 30.3 Å². The molecule has 96 valence electrons. The van der Waals surface area contributed by atoms with Crippen molar-refractivity contribution in [2.75, 3.05) is 0 Å². The van der Waals surface area contributed by atoms with E-state index >= 15 is 0 Å². The predicted molar refractivity (Wildman–Crippen MR) is 68.9 cm³/mol. The van der Waals surface area contributed by atoms with Crippen molar-refractivity contribution in [1.29, 1.82) is 0 Å². The number of phenolic OH excluding ortho intramolecular Hbond substituents is 1. The third kappa shape index (κ3) is 3.67. The molecule has 0 aliphatic rings. The first-order valence-corrected chi connectivity index (χ1v) is 5.73. The van der Waals surface area contributed by atoms with Gasteiger partial charge in [0.1, 0.15) is 11.5 Å². The number of hydrogen-bond acceptors (Lipinski definition) is 4. The first-order valence-electron chi connectivity index (χ1n) is 5.73. The van der Waals surface area contributed by atoms with Crippen LogP contribution >= 0.6 is 0 Å². The van der Waals surface area contributed by atoms with Crippen LogP contribution in [0.3, 0.4) is 0 Å². The lowest BCUT2D eigenvalue weighted by Gasteiger charge is -2.03. The molecular formula is C15H12O4. The van der Waals surface area contributed by atoms with Gasteiger partial charge < -0.3 is 9.84 Å². The second-order valence-corrected chi connectivity index (χ2v) is 3.97. The molecule has 0 aromatic heterocycles. The standard InChI is InChI=1S/C15H12O4/c16-12-6-8-13(9-7-12)19-15(18)14(17)10-11-4-2-1-3-5-11/h1-9,16H,10H2. The minimum Gasteiger partial charge on any atom is -0.508 e. The van der Waals surface area contributed by atoms with Gasteiger partial charge in [-0.25, -0.2) is 4.79 Å². The van der Waals surface area contributed by atoms with Crippen LogP contribution in [-0.2, 0) is 16.0 Å². The SMILES string of the molecule is O=C(Cc1ccccc1)C(=O)Oc1ccc(O)cc1. The van der Waals surface area contributed by atoms with E-state index in [1.54, 1.807) is 24.3 Å². The van der Waals surface area contributed by atoms with Crippen LogP contribution in [0, 0.1) is 0 Å². The highest BCUT2D eigenvalue weighted by Gasteiger charge is 2.16. The molecule has 4 heteroatoms. The molecule has 0 bridgehead atoms. The summed E-state index contributed by atoms with van der Waals surface area (Å²) in [4.78, 5) is 23.2. The Morgan fingerprint density at radius 1 is 0.947 bits per heavy atom. The van der Waals surface area contributed by atoms with E-state index < -0.39 is 11.8 Å². The number of aromatic hydroxyl groups is 1. The van der Waals surface area contributed by atoms with Gasteiger partial charge in [-0.3, -0.25) is 4.79 Å². The number of carbonyl (C=O) groups is 2. The largest absolute Gasteiger partial charge is 0.508 e. The fourth-order valence-electron chi connectivity index (χ4n) is 1.53. The number of benzene rings is 2. The Hall–Kier alpha value is -2.62. The number of ketones is 1. The van der Waals surface area contributed by atoms with Crippen LogP contribution in [0.5, 0.6) is 11.5 Å². The Kier molecular flexibility index (Phi) is 3.93. The Morgan fingerprint density at radius 3 is 2.21 bits per heavy atom. The number of ether oxygens (including phenoxy) is 1. The number of Topliss-reactive ketones (excluding diaryl/α,β-unsaturated/α-hetero) is 1. The molecule has 19 heavy (non-hydrogen) atoms. The molecule has 0 atom stereocenters. The highest BCUT2D eigenvalue weighted by molar-refractivity contribution is 6.34. The molecule has 0 saturated heterocycles. The van der Waals surface area contributed by atoms with Crippen LogP contribution in [0.25, 0.3) is 0 Å². The van der Waals surface area contributed by atoms with Crippen molar-refractivity contribution in [3.8, 4) is 11.5 Å². The van der Waals surface area contributed by atoms with Crippen molar-refractivity contribution in [2.24, 2.45) is 0 Å². The van der Waals surface area contributed by atoms with Gasteiger partial charge in [0.15, 0.2) is 0 Å². The molecule has 0 saturated carbocycles. The van der Waals surface area contributed by atoms with Crippen molar-refractivity contribution in [3.63, 3.8) is 0 Å². The highest BCUT2D eigenvalue weighted by Crippen LogP contribution is 2.16. The average molecular weight is 256 g/mol. The number of hydrogen-bond donors (Lipinski definition) is 1. The van der Waals surface area contributed by atoms with Crippen LogP contribution in [0.4, 0.5) is 0 Å². The van der Waals surface area contributed by atoms with Crippen LogP contribution in [-0.4, -0.2) is 16.9 Å². The third-order valence-electron chi connectivity index (χ3n) is 2.48. The first-order chi connectivity index (χ1) is 9.15. The zero-order valence-electron chi connectivity index (χ0n) is 10.1. The maximum atomic E-state index is 11.7. The zero-order valence-corrected chi connectivity index (χ0v) is 10.1. The van der Waals surface area contributed by atoms with E-state index in [2.05, 4.69) is 0 Å².